The van der Waals surface area contributed by atoms with Gasteiger partial charge in [-0.2, -0.15) is 0 Å². The smallest absolute Gasteiger partial charge is 0.250 e. The van der Waals surface area contributed by atoms with E-state index >= 15 is 0 Å². The lowest BCUT2D eigenvalue weighted by molar-refractivity contribution is -0.146. The molecule has 8 nitrogen and oxygen atoms in total. The van der Waals surface area contributed by atoms with Gasteiger partial charge in [-0.25, -0.2) is 0 Å². The highest BCUT2D eigenvalue weighted by Crippen LogP contribution is 2.65. The van der Waals surface area contributed by atoms with Crippen molar-refractivity contribution in [2.45, 2.75) is 69.7 Å². The summed E-state index contributed by atoms with van der Waals surface area (Å²) in [7, 11) is 0. The van der Waals surface area contributed by atoms with E-state index in [1.165, 1.54) is 0 Å². The summed E-state index contributed by atoms with van der Waals surface area (Å²) < 4.78 is 6.84. The third-order valence-electron chi connectivity index (χ3n) is 9.98. The van der Waals surface area contributed by atoms with Gasteiger partial charge in [-0.3, -0.25) is 14.4 Å². The van der Waals surface area contributed by atoms with E-state index in [4.69, 9.17) is 4.74 Å². The number of nitrogens with zero attached hydrogens (tertiary/aromatic N) is 1. The molecule has 3 heterocycles. The maximum absolute atomic E-state index is 14.3. The topological polar surface area (TPSA) is 108 Å². The Labute approximate surface area is 252 Å². The van der Waals surface area contributed by atoms with Gasteiger partial charge in [0, 0.05) is 25.4 Å². The zero-order valence-electron chi connectivity index (χ0n) is 24.9. The van der Waals surface area contributed by atoms with Crippen LogP contribution in [0.3, 0.4) is 0 Å². The number of hydrogen-bond acceptors (Lipinski definition) is 5. The van der Waals surface area contributed by atoms with Crippen molar-refractivity contribution >= 4 is 34.2 Å². The van der Waals surface area contributed by atoms with Crippen molar-refractivity contribution < 1.29 is 24.2 Å². The van der Waals surface area contributed by atoms with Crippen LogP contribution in [0.15, 0.2) is 72.8 Å². The zero-order chi connectivity index (χ0) is 30.2. The molecule has 0 saturated carbocycles. The monoisotopic (exact) mass is 583 g/mol. The molecular formula is C35H41N3O5. The first kappa shape index (κ1) is 29.3. The summed E-state index contributed by atoms with van der Waals surface area (Å²) in [5, 5.41) is 17.4. The van der Waals surface area contributed by atoms with Gasteiger partial charge in [0.05, 0.1) is 17.4 Å². The van der Waals surface area contributed by atoms with Crippen LogP contribution in [0.25, 0.3) is 10.8 Å². The molecule has 3 fully saturated rings. The van der Waals surface area contributed by atoms with Gasteiger partial charge in [0.25, 0.3) is 0 Å². The van der Waals surface area contributed by atoms with Crippen LogP contribution in [-0.2, 0) is 25.7 Å². The lowest BCUT2D eigenvalue weighted by Crippen LogP contribution is -2.54. The quantitative estimate of drug-likeness (QED) is 0.285. The molecule has 0 aromatic heterocycles. The average molecular weight is 584 g/mol. The molecule has 3 unspecified atom stereocenters. The highest BCUT2D eigenvalue weighted by Gasteiger charge is 2.79. The number of aliphatic hydroxyl groups excluding tert-OH is 1. The molecular weight excluding hydrogens is 542 g/mol. The van der Waals surface area contributed by atoms with Crippen LogP contribution < -0.4 is 10.6 Å². The van der Waals surface area contributed by atoms with Crippen molar-refractivity contribution in [3.63, 3.8) is 0 Å². The van der Waals surface area contributed by atoms with Crippen LogP contribution in [0.5, 0.6) is 0 Å². The van der Waals surface area contributed by atoms with Crippen molar-refractivity contribution in [3.8, 4) is 0 Å². The number of likely N-dealkylation sites (tertiary alicyclic amines) is 1. The van der Waals surface area contributed by atoms with Crippen LogP contribution in [0.4, 0.5) is 5.69 Å². The number of ether oxygens (including phenoxy) is 1. The fourth-order valence-corrected chi connectivity index (χ4v) is 7.80. The van der Waals surface area contributed by atoms with Crippen molar-refractivity contribution in [3.05, 3.63) is 78.4 Å². The van der Waals surface area contributed by atoms with Crippen molar-refractivity contribution in [1.29, 1.82) is 0 Å². The van der Waals surface area contributed by atoms with E-state index in [2.05, 4.69) is 17.6 Å². The summed E-state index contributed by atoms with van der Waals surface area (Å²) in [6, 6.07) is 22.6. The summed E-state index contributed by atoms with van der Waals surface area (Å²) in [5.74, 6) is -2.15. The normalized spacial score (nSPS) is 29.2. The second kappa shape index (κ2) is 11.7. The Morgan fingerprint density at radius 3 is 2.44 bits per heavy atom. The first-order chi connectivity index (χ1) is 20.8. The number of carbonyl (C=O) groups excluding carboxylic acids is 3. The fraction of sp³-hybridized carbons (Fsp3) is 0.457. The number of benzene rings is 3. The van der Waals surface area contributed by atoms with E-state index in [9.17, 15) is 19.5 Å². The van der Waals surface area contributed by atoms with Gasteiger partial charge < -0.3 is 25.4 Å². The number of unbranched alkanes of at least 4 members (excludes halogenated alkanes) is 3. The molecule has 6 atom stereocenters. The number of hydrogen-bond donors (Lipinski definition) is 3. The molecule has 0 radical (unpaired) electrons. The minimum Gasteiger partial charge on any atom is -0.396 e. The maximum atomic E-state index is 14.3. The SMILES string of the molecule is CC1CC23O[C@]1(C)[C@@H](C(=O)NCc1ccccc1)[C@H]2C(=O)N(CCCCCCO)C3C(=O)Nc1ccc2ccccc2c1. The zero-order valence-corrected chi connectivity index (χ0v) is 24.9. The number of fused-ring (bicyclic) bond motifs is 2. The lowest BCUT2D eigenvalue weighted by atomic mass is 9.62. The van der Waals surface area contributed by atoms with Gasteiger partial charge >= 0.3 is 0 Å². The largest absolute Gasteiger partial charge is 0.396 e. The molecule has 2 bridgehead atoms. The second-order valence-electron chi connectivity index (χ2n) is 12.6. The van der Waals surface area contributed by atoms with Gasteiger partial charge in [0.2, 0.25) is 17.7 Å². The highest BCUT2D eigenvalue weighted by molar-refractivity contribution is 6.04. The molecule has 3 aromatic carbocycles. The minimum atomic E-state index is -1.09. The van der Waals surface area contributed by atoms with Gasteiger partial charge in [-0.15, -0.1) is 0 Å². The number of carbonyl (C=O) groups is 3. The predicted octanol–water partition coefficient (Wildman–Crippen LogP) is 4.66. The molecule has 3 N–H and O–H groups in total. The van der Waals surface area contributed by atoms with E-state index in [1.54, 1.807) is 4.90 Å². The first-order valence-corrected chi connectivity index (χ1v) is 15.5. The fourth-order valence-electron chi connectivity index (χ4n) is 7.80. The van der Waals surface area contributed by atoms with E-state index in [0.29, 0.717) is 38.0 Å². The van der Waals surface area contributed by atoms with E-state index in [-0.39, 0.29) is 30.2 Å². The number of anilines is 1. The standard InChI is InChI=1S/C35H41N3O5/c1-23-21-35-29(28(34(23,2)43-35)31(40)36-22-24-12-6-5-7-13-24)33(42)38(18-10-3-4-11-19-39)30(35)32(41)37-27-17-16-25-14-8-9-15-26(25)20-27/h5-9,12-17,20,23,28-30,39H,3-4,10-11,18-19,21-22H2,1-2H3,(H,36,40)(H,37,41)/t23?,28-,29+,30?,34+,35?/m1/s1. The summed E-state index contributed by atoms with van der Waals surface area (Å²) in [4.78, 5) is 44.1. The van der Waals surface area contributed by atoms with Crippen molar-refractivity contribution in [2.75, 3.05) is 18.5 Å². The number of nitrogens with one attached hydrogen (secondary N) is 2. The molecule has 8 heteroatoms. The molecule has 3 saturated heterocycles. The number of amides is 3. The number of aliphatic hydroxyl groups is 1. The van der Waals surface area contributed by atoms with Gasteiger partial charge in [0.1, 0.15) is 11.6 Å². The van der Waals surface area contributed by atoms with E-state index in [0.717, 1.165) is 29.2 Å². The average Bonchev–Trinajstić information content (AvgIpc) is 3.52. The summed E-state index contributed by atoms with van der Waals surface area (Å²) in [6.45, 7) is 4.87. The third-order valence-corrected chi connectivity index (χ3v) is 9.98. The van der Waals surface area contributed by atoms with Crippen LogP contribution in [-0.4, -0.2) is 58.1 Å². The van der Waals surface area contributed by atoms with Gasteiger partial charge in [-0.1, -0.05) is 80.4 Å². The van der Waals surface area contributed by atoms with E-state index in [1.807, 2.05) is 79.7 Å². The Balaban J connectivity index is 1.30. The molecule has 226 valence electrons. The van der Waals surface area contributed by atoms with Crippen molar-refractivity contribution in [1.82, 2.24) is 10.2 Å². The lowest BCUT2D eigenvalue weighted by Gasteiger charge is -2.36. The summed E-state index contributed by atoms with van der Waals surface area (Å²) in [6.07, 6.45) is 3.61. The van der Waals surface area contributed by atoms with Crippen LogP contribution in [0.2, 0.25) is 0 Å². The van der Waals surface area contributed by atoms with Gasteiger partial charge in [0.15, 0.2) is 0 Å². The molecule has 3 aliphatic heterocycles. The number of rotatable bonds is 11. The van der Waals surface area contributed by atoms with Crippen LogP contribution in [0.1, 0.15) is 51.5 Å². The molecule has 3 amide bonds. The Morgan fingerprint density at radius 2 is 1.67 bits per heavy atom. The molecule has 1 spiro atoms. The maximum Gasteiger partial charge on any atom is 0.250 e. The predicted molar refractivity (Wildman–Crippen MR) is 165 cm³/mol. The molecule has 3 aliphatic rings. The Hall–Kier alpha value is -3.75. The highest BCUT2D eigenvalue weighted by atomic mass is 16.5. The molecule has 43 heavy (non-hydrogen) atoms. The molecule has 6 rings (SSSR count). The Kier molecular flexibility index (Phi) is 8.00. The van der Waals surface area contributed by atoms with Crippen molar-refractivity contribution in [2.24, 2.45) is 17.8 Å². The Bertz CT molecular complexity index is 1510. The van der Waals surface area contributed by atoms with Gasteiger partial charge in [-0.05, 0) is 60.6 Å². The second-order valence-corrected chi connectivity index (χ2v) is 12.6. The Morgan fingerprint density at radius 1 is 0.953 bits per heavy atom. The van der Waals surface area contributed by atoms with Crippen LogP contribution in [0, 0.1) is 17.8 Å². The summed E-state index contributed by atoms with van der Waals surface area (Å²) >= 11 is 0. The minimum absolute atomic E-state index is 0.0236. The molecule has 3 aromatic rings. The van der Waals surface area contributed by atoms with E-state index < -0.39 is 29.1 Å². The first-order valence-electron chi connectivity index (χ1n) is 15.5. The third kappa shape index (κ3) is 5.10. The summed E-state index contributed by atoms with van der Waals surface area (Å²) in [5.41, 5.74) is -0.326. The van der Waals surface area contributed by atoms with Crippen LogP contribution >= 0.6 is 0 Å². The molecule has 0 aliphatic carbocycles.